The Morgan fingerprint density at radius 1 is 1.37 bits per heavy atom. The number of carbonyl (C=O) groups excluding carboxylic acids is 1. The number of methoxy groups -OCH3 is 1. The molecular formula is C13H9BrCl2O2S. The first-order valence-electron chi connectivity index (χ1n) is 5.31. The molecule has 100 valence electrons. The van der Waals surface area contributed by atoms with Crippen LogP contribution in [0.25, 0.3) is 0 Å². The fourth-order valence-electron chi connectivity index (χ4n) is 1.63. The first kappa shape index (κ1) is 14.9. The number of carbonyl (C=O) groups is 1. The molecule has 0 aliphatic carbocycles. The largest absolute Gasteiger partial charge is 0.496 e. The van der Waals surface area contributed by atoms with Crippen molar-refractivity contribution in [3.63, 3.8) is 0 Å². The number of Topliss-reactive ketones (excluding diaryl/α,β-unsaturated/α-hetero) is 1. The van der Waals surface area contributed by atoms with E-state index in [9.17, 15) is 4.79 Å². The van der Waals surface area contributed by atoms with Crippen LogP contribution in [0.5, 0.6) is 5.75 Å². The van der Waals surface area contributed by atoms with E-state index in [1.165, 1.54) is 11.3 Å². The van der Waals surface area contributed by atoms with Gasteiger partial charge in [0.25, 0.3) is 0 Å². The molecule has 1 heterocycles. The van der Waals surface area contributed by atoms with Crippen LogP contribution in [-0.4, -0.2) is 12.9 Å². The van der Waals surface area contributed by atoms with Crippen molar-refractivity contribution < 1.29 is 9.53 Å². The average molecular weight is 380 g/mol. The zero-order valence-electron chi connectivity index (χ0n) is 9.88. The van der Waals surface area contributed by atoms with Crippen molar-refractivity contribution in [3.05, 3.63) is 48.5 Å². The molecule has 0 aliphatic heterocycles. The molecule has 19 heavy (non-hydrogen) atoms. The van der Waals surface area contributed by atoms with Gasteiger partial charge in [0, 0.05) is 12.0 Å². The lowest BCUT2D eigenvalue weighted by Crippen LogP contribution is -2.02. The summed E-state index contributed by atoms with van der Waals surface area (Å²) in [5, 5.41) is 0. The third-order valence-corrected chi connectivity index (χ3v) is 4.65. The molecule has 0 unspecified atom stereocenters. The van der Waals surface area contributed by atoms with Gasteiger partial charge in [-0.3, -0.25) is 4.79 Å². The minimum Gasteiger partial charge on any atom is -0.496 e. The Morgan fingerprint density at radius 3 is 2.63 bits per heavy atom. The highest BCUT2D eigenvalue weighted by Crippen LogP contribution is 2.32. The number of ether oxygens (including phenoxy) is 1. The highest BCUT2D eigenvalue weighted by atomic mass is 79.9. The first-order valence-corrected chi connectivity index (χ1v) is 7.68. The van der Waals surface area contributed by atoms with Crippen LogP contribution in [-0.2, 0) is 6.42 Å². The van der Waals surface area contributed by atoms with E-state index in [-0.39, 0.29) is 12.2 Å². The van der Waals surface area contributed by atoms with Gasteiger partial charge in [-0.05, 0) is 39.7 Å². The molecule has 0 bridgehead atoms. The fraction of sp³-hybridized carbons (Fsp3) is 0.154. The minimum atomic E-state index is -0.0507. The third-order valence-electron chi connectivity index (χ3n) is 2.54. The molecule has 0 aliphatic rings. The van der Waals surface area contributed by atoms with Gasteiger partial charge in [0.05, 0.1) is 15.9 Å². The van der Waals surface area contributed by atoms with Gasteiger partial charge >= 0.3 is 0 Å². The molecule has 0 saturated heterocycles. The molecule has 0 spiro atoms. The molecule has 1 aromatic heterocycles. The molecule has 2 rings (SSSR count). The number of hydrogen-bond donors (Lipinski definition) is 0. The molecule has 0 atom stereocenters. The summed E-state index contributed by atoms with van der Waals surface area (Å²) in [6, 6.07) is 7.13. The van der Waals surface area contributed by atoms with E-state index in [1.807, 2.05) is 18.2 Å². The topological polar surface area (TPSA) is 26.3 Å². The van der Waals surface area contributed by atoms with Crippen LogP contribution in [0.1, 0.15) is 15.9 Å². The van der Waals surface area contributed by atoms with E-state index in [0.29, 0.717) is 14.2 Å². The normalized spacial score (nSPS) is 10.5. The lowest BCUT2D eigenvalue weighted by molar-refractivity contribution is 0.0993. The quantitative estimate of drug-likeness (QED) is 0.678. The summed E-state index contributed by atoms with van der Waals surface area (Å²) in [5.41, 5.74) is 1.36. The molecule has 2 nitrogen and oxygen atoms in total. The Kier molecular flexibility index (Phi) is 4.90. The lowest BCUT2D eigenvalue weighted by Gasteiger charge is -2.05. The Labute approximate surface area is 133 Å². The highest BCUT2D eigenvalue weighted by molar-refractivity contribution is 9.10. The van der Waals surface area contributed by atoms with Crippen LogP contribution >= 0.6 is 50.5 Å². The van der Waals surface area contributed by atoms with E-state index < -0.39 is 0 Å². The van der Waals surface area contributed by atoms with Crippen LogP contribution < -0.4 is 4.74 Å². The number of ketones is 1. The van der Waals surface area contributed by atoms with Gasteiger partial charge in [0.2, 0.25) is 0 Å². The van der Waals surface area contributed by atoms with Gasteiger partial charge in [-0.25, -0.2) is 0 Å². The van der Waals surface area contributed by atoms with Crippen molar-refractivity contribution >= 4 is 56.3 Å². The average Bonchev–Trinajstić information content (AvgIpc) is 2.69. The summed E-state index contributed by atoms with van der Waals surface area (Å²) in [6.07, 6.45) is 0.273. The van der Waals surface area contributed by atoms with Gasteiger partial charge < -0.3 is 4.74 Å². The summed E-state index contributed by atoms with van der Waals surface area (Å²) in [7, 11) is 1.60. The summed E-state index contributed by atoms with van der Waals surface area (Å²) in [6.45, 7) is 0. The van der Waals surface area contributed by atoms with Crippen molar-refractivity contribution in [3.8, 4) is 5.75 Å². The predicted molar refractivity (Wildman–Crippen MR) is 83.1 cm³/mol. The van der Waals surface area contributed by atoms with Crippen molar-refractivity contribution in [2.45, 2.75) is 6.42 Å². The molecule has 0 fully saturated rings. The van der Waals surface area contributed by atoms with Gasteiger partial charge in [-0.15, -0.1) is 11.3 Å². The van der Waals surface area contributed by atoms with Crippen LogP contribution in [0, 0.1) is 0 Å². The Bertz CT molecular complexity index is 625. The van der Waals surface area contributed by atoms with Crippen LogP contribution in [0.15, 0.2) is 28.7 Å². The van der Waals surface area contributed by atoms with Crippen molar-refractivity contribution in [2.75, 3.05) is 7.11 Å². The van der Waals surface area contributed by atoms with Crippen molar-refractivity contribution in [1.82, 2.24) is 0 Å². The zero-order valence-corrected chi connectivity index (χ0v) is 13.8. The summed E-state index contributed by atoms with van der Waals surface area (Å²) in [4.78, 5) is 12.1. The van der Waals surface area contributed by atoms with Gasteiger partial charge in [0.1, 0.15) is 10.1 Å². The van der Waals surface area contributed by atoms with Crippen LogP contribution in [0.2, 0.25) is 8.67 Å². The maximum absolute atomic E-state index is 12.1. The van der Waals surface area contributed by atoms with E-state index in [0.717, 1.165) is 15.8 Å². The summed E-state index contributed by atoms with van der Waals surface area (Å²) >= 11 is 16.4. The maximum atomic E-state index is 12.1. The summed E-state index contributed by atoms with van der Waals surface area (Å²) in [5.74, 6) is 0.679. The highest BCUT2D eigenvalue weighted by Gasteiger charge is 2.15. The van der Waals surface area contributed by atoms with E-state index >= 15 is 0 Å². The second-order valence-corrected chi connectivity index (χ2v) is 6.95. The molecule has 0 saturated carbocycles. The number of hydrogen-bond acceptors (Lipinski definition) is 3. The molecule has 2 aromatic rings. The Balaban J connectivity index is 2.19. The number of rotatable bonds is 4. The van der Waals surface area contributed by atoms with Gasteiger partial charge in [-0.1, -0.05) is 29.3 Å². The molecular weight excluding hydrogens is 371 g/mol. The fourth-order valence-corrected chi connectivity index (χ4v) is 3.72. The van der Waals surface area contributed by atoms with Crippen LogP contribution in [0.3, 0.4) is 0 Å². The molecule has 0 amide bonds. The number of benzene rings is 1. The molecule has 1 aromatic carbocycles. The van der Waals surface area contributed by atoms with Crippen molar-refractivity contribution in [2.24, 2.45) is 0 Å². The second kappa shape index (κ2) is 6.27. The van der Waals surface area contributed by atoms with Crippen LogP contribution in [0.4, 0.5) is 0 Å². The maximum Gasteiger partial charge on any atom is 0.169 e. The van der Waals surface area contributed by atoms with Gasteiger partial charge in [0.15, 0.2) is 5.78 Å². The smallest absolute Gasteiger partial charge is 0.169 e. The predicted octanol–water partition coefficient (Wildman–Crippen LogP) is 5.25. The zero-order chi connectivity index (χ0) is 14.0. The van der Waals surface area contributed by atoms with Gasteiger partial charge in [-0.2, -0.15) is 0 Å². The first-order chi connectivity index (χ1) is 9.01. The molecule has 0 N–H and O–H groups in total. The standard InChI is InChI=1S/C13H9BrCl2O2S/c1-18-11-3-2-7(4-9(11)14)5-10(17)8-6-12(15)19-13(8)16/h2-4,6H,5H2,1H3. The van der Waals surface area contributed by atoms with E-state index in [2.05, 4.69) is 15.9 Å². The monoisotopic (exact) mass is 378 g/mol. The Hall–Kier alpha value is -0.550. The second-order valence-electron chi connectivity index (χ2n) is 3.81. The van der Waals surface area contributed by atoms with Crippen molar-refractivity contribution in [1.29, 1.82) is 0 Å². The van der Waals surface area contributed by atoms with E-state index in [4.69, 9.17) is 27.9 Å². The number of halogens is 3. The SMILES string of the molecule is COc1ccc(CC(=O)c2cc(Cl)sc2Cl)cc1Br. The lowest BCUT2D eigenvalue weighted by atomic mass is 10.1. The summed E-state index contributed by atoms with van der Waals surface area (Å²) < 4.78 is 6.91. The number of thiophene rings is 1. The third kappa shape index (κ3) is 3.51. The minimum absolute atomic E-state index is 0.0507. The van der Waals surface area contributed by atoms with E-state index in [1.54, 1.807) is 13.2 Å². The molecule has 0 radical (unpaired) electrons. The molecule has 6 heteroatoms. The Morgan fingerprint density at radius 2 is 2.11 bits per heavy atom.